The Morgan fingerprint density at radius 3 is 2.50 bits per heavy atom. The van der Waals surface area contributed by atoms with E-state index < -0.39 is 14.8 Å². The zero-order chi connectivity index (χ0) is 12.4. The number of sulfonamides is 1. The number of carbonyl (C=O) groups excluding carboxylic acids is 1. The van der Waals surface area contributed by atoms with Crippen LogP contribution >= 0.6 is 11.8 Å². The molecule has 0 atom stereocenters. The van der Waals surface area contributed by atoms with Crippen molar-refractivity contribution in [3.63, 3.8) is 0 Å². The maximum absolute atomic E-state index is 11.7. The lowest BCUT2D eigenvalue weighted by molar-refractivity contribution is -0.131. The van der Waals surface area contributed by atoms with Gasteiger partial charge in [-0.2, -0.15) is 11.8 Å². The second-order valence-electron chi connectivity index (χ2n) is 4.08. The highest BCUT2D eigenvalue weighted by Gasteiger charge is 2.59. The number of aliphatic hydroxyl groups is 1. The molecule has 1 aliphatic rings. The first-order valence-electron chi connectivity index (χ1n) is 5.11. The minimum Gasteiger partial charge on any atom is -0.396 e. The fourth-order valence-corrected chi connectivity index (χ4v) is 3.89. The summed E-state index contributed by atoms with van der Waals surface area (Å²) in [7, 11) is -3.42. The first-order chi connectivity index (χ1) is 7.35. The molecular weight excluding hydrogens is 250 g/mol. The predicted molar refractivity (Wildman–Crippen MR) is 63.7 cm³/mol. The minimum absolute atomic E-state index is 0.140. The zero-order valence-corrected chi connectivity index (χ0v) is 11.1. The Morgan fingerprint density at radius 2 is 2.00 bits per heavy atom. The average molecular weight is 267 g/mol. The lowest BCUT2D eigenvalue weighted by Gasteiger charge is -2.42. The first kappa shape index (κ1) is 13.8. The minimum atomic E-state index is -3.42. The molecule has 0 aromatic heterocycles. The Labute approximate surface area is 100 Å². The standard InChI is InChI=1S/C9H17NO4S2/c1-9(2)8(12)10(16(9,13)14)4-7-15-6-3-5-11/h11H,3-7H2,1-2H3. The summed E-state index contributed by atoms with van der Waals surface area (Å²) in [5.41, 5.74) is 0. The van der Waals surface area contributed by atoms with E-state index in [1.807, 2.05) is 0 Å². The van der Waals surface area contributed by atoms with E-state index in [1.165, 1.54) is 13.8 Å². The van der Waals surface area contributed by atoms with Gasteiger partial charge in [-0.15, -0.1) is 0 Å². The first-order valence-corrected chi connectivity index (χ1v) is 7.70. The number of aliphatic hydroxyl groups excluding tert-OH is 1. The van der Waals surface area contributed by atoms with E-state index in [4.69, 9.17) is 5.11 Å². The van der Waals surface area contributed by atoms with Crippen LogP contribution in [-0.2, 0) is 14.8 Å². The zero-order valence-electron chi connectivity index (χ0n) is 9.47. The van der Waals surface area contributed by atoms with Crippen molar-refractivity contribution in [3.8, 4) is 0 Å². The summed E-state index contributed by atoms with van der Waals surface area (Å²) in [5.74, 6) is 1.04. The highest BCUT2D eigenvalue weighted by atomic mass is 32.2. The van der Waals surface area contributed by atoms with Gasteiger partial charge in [-0.3, -0.25) is 4.79 Å². The Morgan fingerprint density at radius 1 is 1.38 bits per heavy atom. The van der Waals surface area contributed by atoms with Crippen molar-refractivity contribution < 1.29 is 18.3 Å². The Balaban J connectivity index is 2.38. The molecule has 1 saturated heterocycles. The third-order valence-corrected chi connectivity index (χ3v) is 6.00. The molecule has 1 heterocycles. The lowest BCUT2D eigenvalue weighted by Crippen LogP contribution is -2.67. The van der Waals surface area contributed by atoms with Crippen LogP contribution in [0.25, 0.3) is 0 Å². The van der Waals surface area contributed by atoms with Gasteiger partial charge in [0.15, 0.2) is 4.75 Å². The summed E-state index contributed by atoms with van der Waals surface area (Å²) in [6.45, 7) is 3.24. The number of thioether (sulfide) groups is 1. The molecule has 7 heteroatoms. The van der Waals surface area contributed by atoms with Gasteiger partial charge in [0.05, 0.1) is 0 Å². The monoisotopic (exact) mass is 267 g/mol. The Bertz CT molecular complexity index is 364. The van der Waals surface area contributed by atoms with E-state index in [0.29, 0.717) is 12.2 Å². The van der Waals surface area contributed by atoms with E-state index >= 15 is 0 Å². The maximum atomic E-state index is 11.7. The van der Waals surface area contributed by atoms with Crippen LogP contribution in [0.4, 0.5) is 0 Å². The van der Waals surface area contributed by atoms with E-state index in [-0.39, 0.29) is 19.1 Å². The van der Waals surface area contributed by atoms with Gasteiger partial charge in [0.1, 0.15) is 0 Å². The van der Waals surface area contributed by atoms with Gasteiger partial charge in [0.25, 0.3) is 15.9 Å². The van der Waals surface area contributed by atoms with Crippen molar-refractivity contribution >= 4 is 27.7 Å². The number of hydrogen-bond acceptors (Lipinski definition) is 5. The molecule has 0 spiro atoms. The molecule has 1 aliphatic heterocycles. The largest absolute Gasteiger partial charge is 0.396 e. The van der Waals surface area contributed by atoms with Crippen molar-refractivity contribution in [1.29, 1.82) is 0 Å². The second kappa shape index (κ2) is 4.93. The van der Waals surface area contributed by atoms with Crippen LogP contribution in [0.1, 0.15) is 20.3 Å². The molecule has 94 valence electrons. The summed E-state index contributed by atoms with van der Waals surface area (Å²) in [5, 5.41) is 8.55. The van der Waals surface area contributed by atoms with Crippen LogP contribution in [0.5, 0.6) is 0 Å². The van der Waals surface area contributed by atoms with Gasteiger partial charge in [0, 0.05) is 18.9 Å². The van der Waals surface area contributed by atoms with Crippen molar-refractivity contribution in [3.05, 3.63) is 0 Å². The molecule has 1 N–H and O–H groups in total. The predicted octanol–water partition coefficient (Wildman–Crippen LogP) is 0.0526. The molecule has 0 aromatic carbocycles. The molecule has 0 unspecified atom stereocenters. The maximum Gasteiger partial charge on any atom is 0.258 e. The van der Waals surface area contributed by atoms with E-state index in [9.17, 15) is 13.2 Å². The van der Waals surface area contributed by atoms with Crippen molar-refractivity contribution in [2.24, 2.45) is 0 Å². The summed E-state index contributed by atoms with van der Waals surface area (Å²) < 4.78 is 23.0. The van der Waals surface area contributed by atoms with Crippen LogP contribution in [-0.4, -0.2) is 53.1 Å². The van der Waals surface area contributed by atoms with Crippen LogP contribution in [0.15, 0.2) is 0 Å². The Kier molecular flexibility index (Phi) is 4.25. The Hall–Kier alpha value is -0.270. The number of amides is 1. The van der Waals surface area contributed by atoms with Crippen molar-refractivity contribution in [2.75, 3.05) is 24.7 Å². The normalized spacial score (nSPS) is 21.9. The molecule has 1 amide bonds. The number of hydrogen-bond donors (Lipinski definition) is 1. The van der Waals surface area contributed by atoms with Gasteiger partial charge in [-0.05, 0) is 26.0 Å². The number of nitrogens with zero attached hydrogens (tertiary/aromatic N) is 1. The lowest BCUT2D eigenvalue weighted by atomic mass is 10.2. The smallest absolute Gasteiger partial charge is 0.258 e. The molecular formula is C9H17NO4S2. The fourth-order valence-electron chi connectivity index (χ4n) is 1.39. The van der Waals surface area contributed by atoms with E-state index in [2.05, 4.69) is 0 Å². The van der Waals surface area contributed by atoms with Crippen molar-refractivity contribution in [2.45, 2.75) is 25.0 Å². The van der Waals surface area contributed by atoms with Gasteiger partial charge in [0.2, 0.25) is 0 Å². The van der Waals surface area contributed by atoms with E-state index in [1.54, 1.807) is 11.8 Å². The third kappa shape index (κ3) is 2.21. The summed E-state index contributed by atoms with van der Waals surface area (Å²) in [6.07, 6.45) is 0.691. The van der Waals surface area contributed by atoms with Crippen LogP contribution in [0.2, 0.25) is 0 Å². The molecule has 1 rings (SSSR count). The molecule has 0 saturated carbocycles. The number of carbonyl (C=O) groups is 1. The summed E-state index contributed by atoms with van der Waals surface area (Å²) in [4.78, 5) is 11.5. The fraction of sp³-hybridized carbons (Fsp3) is 0.889. The van der Waals surface area contributed by atoms with Crippen LogP contribution in [0.3, 0.4) is 0 Å². The molecule has 0 aliphatic carbocycles. The van der Waals surface area contributed by atoms with Gasteiger partial charge < -0.3 is 5.11 Å². The van der Waals surface area contributed by atoms with E-state index in [0.717, 1.165) is 10.1 Å². The SMILES string of the molecule is CC1(C)C(=O)N(CCSCCCO)S1(=O)=O. The average Bonchev–Trinajstić information content (AvgIpc) is 2.22. The summed E-state index contributed by atoms with van der Waals surface area (Å²) >= 11 is 1.54. The quantitative estimate of drug-likeness (QED) is 0.688. The molecule has 0 radical (unpaired) electrons. The number of rotatable bonds is 6. The highest BCUT2D eigenvalue weighted by molar-refractivity contribution is 7.99. The van der Waals surface area contributed by atoms with Crippen molar-refractivity contribution in [1.82, 2.24) is 4.31 Å². The third-order valence-electron chi connectivity index (χ3n) is 2.56. The summed E-state index contributed by atoms with van der Waals surface area (Å²) in [6, 6.07) is 0. The molecule has 5 nitrogen and oxygen atoms in total. The second-order valence-corrected chi connectivity index (χ2v) is 7.72. The molecule has 1 fully saturated rings. The molecule has 16 heavy (non-hydrogen) atoms. The molecule has 0 bridgehead atoms. The van der Waals surface area contributed by atoms with Crippen LogP contribution in [0, 0.1) is 0 Å². The van der Waals surface area contributed by atoms with Gasteiger partial charge >= 0.3 is 0 Å². The highest BCUT2D eigenvalue weighted by Crippen LogP contribution is 2.34. The van der Waals surface area contributed by atoms with Gasteiger partial charge in [-0.25, -0.2) is 12.7 Å². The van der Waals surface area contributed by atoms with Crippen LogP contribution < -0.4 is 0 Å². The topological polar surface area (TPSA) is 74.7 Å². The molecule has 0 aromatic rings. The van der Waals surface area contributed by atoms with Gasteiger partial charge in [-0.1, -0.05) is 0 Å².